The van der Waals surface area contributed by atoms with E-state index in [4.69, 9.17) is 4.74 Å². The predicted molar refractivity (Wildman–Crippen MR) is 88.3 cm³/mol. The molecule has 0 aliphatic heterocycles. The van der Waals surface area contributed by atoms with Gasteiger partial charge in [0.1, 0.15) is 5.82 Å². The standard InChI is InChI=1S/C15H23BrFN3O/c1-3-21-10-4-8-19-15(18-2)20-9-7-12-11-13(16)5-6-14(12)17/h5-6,11H,3-4,7-10H2,1-2H3,(H2,18,19,20). The molecule has 4 nitrogen and oxygen atoms in total. The molecule has 0 aliphatic carbocycles. The van der Waals surface area contributed by atoms with Gasteiger partial charge in [0, 0.05) is 37.8 Å². The van der Waals surface area contributed by atoms with Crippen molar-refractivity contribution in [3.63, 3.8) is 0 Å². The molecule has 1 aromatic rings. The van der Waals surface area contributed by atoms with Crippen LogP contribution in [0.2, 0.25) is 0 Å². The van der Waals surface area contributed by atoms with E-state index >= 15 is 0 Å². The van der Waals surface area contributed by atoms with Gasteiger partial charge in [-0.05, 0) is 43.5 Å². The largest absolute Gasteiger partial charge is 0.382 e. The predicted octanol–water partition coefficient (Wildman–Crippen LogP) is 2.72. The van der Waals surface area contributed by atoms with Crippen LogP contribution in [0.1, 0.15) is 18.9 Å². The minimum atomic E-state index is -0.181. The summed E-state index contributed by atoms with van der Waals surface area (Å²) >= 11 is 3.35. The third-order valence-electron chi connectivity index (χ3n) is 2.88. The van der Waals surface area contributed by atoms with Crippen LogP contribution in [0.15, 0.2) is 27.7 Å². The fraction of sp³-hybridized carbons (Fsp3) is 0.533. The Bertz CT molecular complexity index is 455. The smallest absolute Gasteiger partial charge is 0.190 e. The first-order valence-corrected chi connectivity index (χ1v) is 7.92. The van der Waals surface area contributed by atoms with Crippen LogP contribution >= 0.6 is 15.9 Å². The molecule has 1 rings (SSSR count). The lowest BCUT2D eigenvalue weighted by Crippen LogP contribution is -2.39. The van der Waals surface area contributed by atoms with E-state index in [0.717, 1.165) is 36.6 Å². The van der Waals surface area contributed by atoms with Crippen LogP contribution in [0.25, 0.3) is 0 Å². The maximum absolute atomic E-state index is 13.6. The molecule has 1 aromatic carbocycles. The number of ether oxygens (including phenoxy) is 1. The highest BCUT2D eigenvalue weighted by atomic mass is 79.9. The number of guanidine groups is 1. The maximum Gasteiger partial charge on any atom is 0.190 e. The van der Waals surface area contributed by atoms with Gasteiger partial charge in [0.25, 0.3) is 0 Å². The van der Waals surface area contributed by atoms with Gasteiger partial charge >= 0.3 is 0 Å². The van der Waals surface area contributed by atoms with Crippen molar-refractivity contribution >= 4 is 21.9 Å². The van der Waals surface area contributed by atoms with Gasteiger partial charge in [-0.3, -0.25) is 4.99 Å². The number of benzene rings is 1. The molecule has 0 bridgehead atoms. The molecule has 0 radical (unpaired) electrons. The molecule has 0 fully saturated rings. The molecule has 21 heavy (non-hydrogen) atoms. The Kier molecular flexibility index (Phi) is 9.01. The molecule has 0 spiro atoms. The van der Waals surface area contributed by atoms with Crippen LogP contribution in [0.4, 0.5) is 4.39 Å². The average molecular weight is 360 g/mol. The molecule has 2 N–H and O–H groups in total. The highest BCUT2D eigenvalue weighted by Crippen LogP contribution is 2.15. The van der Waals surface area contributed by atoms with Crippen molar-refractivity contribution in [1.29, 1.82) is 0 Å². The summed E-state index contributed by atoms with van der Waals surface area (Å²) in [4.78, 5) is 4.13. The lowest BCUT2D eigenvalue weighted by Gasteiger charge is -2.12. The zero-order valence-corrected chi connectivity index (χ0v) is 14.2. The first-order chi connectivity index (χ1) is 10.2. The summed E-state index contributed by atoms with van der Waals surface area (Å²) in [6.45, 7) is 4.88. The van der Waals surface area contributed by atoms with Gasteiger partial charge in [-0.2, -0.15) is 0 Å². The number of nitrogens with one attached hydrogen (secondary N) is 2. The summed E-state index contributed by atoms with van der Waals surface area (Å²) in [6.07, 6.45) is 1.53. The van der Waals surface area contributed by atoms with E-state index in [1.54, 1.807) is 19.2 Å². The molecule has 0 heterocycles. The van der Waals surface area contributed by atoms with Gasteiger partial charge in [-0.25, -0.2) is 4.39 Å². The van der Waals surface area contributed by atoms with E-state index in [9.17, 15) is 4.39 Å². The summed E-state index contributed by atoms with van der Waals surface area (Å²) < 4.78 is 19.7. The van der Waals surface area contributed by atoms with Crippen molar-refractivity contribution in [3.05, 3.63) is 34.1 Å². The number of hydrogen-bond donors (Lipinski definition) is 2. The second-order valence-electron chi connectivity index (χ2n) is 4.46. The first-order valence-electron chi connectivity index (χ1n) is 7.13. The van der Waals surface area contributed by atoms with Gasteiger partial charge in [0.05, 0.1) is 0 Å². The van der Waals surface area contributed by atoms with Crippen molar-refractivity contribution < 1.29 is 9.13 Å². The monoisotopic (exact) mass is 359 g/mol. The van der Waals surface area contributed by atoms with Crippen LogP contribution < -0.4 is 10.6 Å². The highest BCUT2D eigenvalue weighted by molar-refractivity contribution is 9.10. The first kappa shape index (κ1) is 17.9. The number of aliphatic imine (C=N–C) groups is 1. The highest BCUT2D eigenvalue weighted by Gasteiger charge is 2.03. The van der Waals surface area contributed by atoms with Crippen LogP contribution in [-0.2, 0) is 11.2 Å². The summed E-state index contributed by atoms with van der Waals surface area (Å²) in [5.41, 5.74) is 0.684. The van der Waals surface area contributed by atoms with Crippen LogP contribution in [0.5, 0.6) is 0 Å². The summed E-state index contributed by atoms with van der Waals surface area (Å²) in [6, 6.07) is 4.97. The normalized spacial score (nSPS) is 11.5. The molecule has 118 valence electrons. The lowest BCUT2D eigenvalue weighted by molar-refractivity contribution is 0.145. The molecule has 0 amide bonds. The number of rotatable bonds is 8. The average Bonchev–Trinajstić information content (AvgIpc) is 2.48. The van der Waals surface area contributed by atoms with Crippen LogP contribution in [0.3, 0.4) is 0 Å². The number of halogens is 2. The van der Waals surface area contributed by atoms with E-state index in [-0.39, 0.29) is 5.82 Å². The third kappa shape index (κ3) is 7.43. The fourth-order valence-corrected chi connectivity index (χ4v) is 2.20. The van der Waals surface area contributed by atoms with Crippen molar-refractivity contribution in [2.75, 3.05) is 33.4 Å². The Morgan fingerprint density at radius 2 is 2.10 bits per heavy atom. The number of nitrogens with zero attached hydrogens (tertiary/aromatic N) is 1. The molecule has 0 atom stereocenters. The van der Waals surface area contributed by atoms with Crippen molar-refractivity contribution in [3.8, 4) is 0 Å². The van der Waals surface area contributed by atoms with Crippen molar-refractivity contribution in [2.45, 2.75) is 19.8 Å². The van der Waals surface area contributed by atoms with E-state index in [0.29, 0.717) is 18.5 Å². The second kappa shape index (κ2) is 10.6. The minimum Gasteiger partial charge on any atom is -0.382 e. The molecular formula is C15H23BrFN3O. The lowest BCUT2D eigenvalue weighted by atomic mass is 10.1. The topological polar surface area (TPSA) is 45.6 Å². The third-order valence-corrected chi connectivity index (χ3v) is 3.37. The van der Waals surface area contributed by atoms with E-state index in [2.05, 4.69) is 31.6 Å². The van der Waals surface area contributed by atoms with Gasteiger partial charge in [0.2, 0.25) is 0 Å². The van der Waals surface area contributed by atoms with Crippen LogP contribution in [0, 0.1) is 5.82 Å². The van der Waals surface area contributed by atoms with Gasteiger partial charge in [-0.15, -0.1) is 0 Å². The molecule has 6 heteroatoms. The zero-order chi connectivity index (χ0) is 15.5. The van der Waals surface area contributed by atoms with Gasteiger partial charge in [-0.1, -0.05) is 15.9 Å². The maximum atomic E-state index is 13.6. The Morgan fingerprint density at radius 1 is 1.33 bits per heavy atom. The molecule has 0 saturated carbocycles. The van der Waals surface area contributed by atoms with E-state index < -0.39 is 0 Å². The summed E-state index contributed by atoms with van der Waals surface area (Å²) in [5, 5.41) is 6.37. The van der Waals surface area contributed by atoms with Crippen molar-refractivity contribution in [2.24, 2.45) is 4.99 Å². The Morgan fingerprint density at radius 3 is 2.81 bits per heavy atom. The molecule has 0 aliphatic rings. The Balaban J connectivity index is 2.27. The van der Waals surface area contributed by atoms with E-state index in [1.807, 2.05) is 6.92 Å². The SMILES string of the molecule is CCOCCCNC(=NC)NCCc1cc(Br)ccc1F. The molecule has 0 unspecified atom stereocenters. The molecule has 0 aromatic heterocycles. The Labute approximate surface area is 134 Å². The molecular weight excluding hydrogens is 337 g/mol. The minimum absolute atomic E-state index is 0.181. The number of hydrogen-bond acceptors (Lipinski definition) is 2. The van der Waals surface area contributed by atoms with Gasteiger partial charge in [0.15, 0.2) is 5.96 Å². The second-order valence-corrected chi connectivity index (χ2v) is 5.38. The van der Waals surface area contributed by atoms with E-state index in [1.165, 1.54) is 6.07 Å². The summed E-state index contributed by atoms with van der Waals surface area (Å²) in [5.74, 6) is 0.543. The van der Waals surface area contributed by atoms with Gasteiger partial charge < -0.3 is 15.4 Å². The fourth-order valence-electron chi connectivity index (χ4n) is 1.80. The summed E-state index contributed by atoms with van der Waals surface area (Å²) in [7, 11) is 1.72. The molecule has 0 saturated heterocycles. The Hall–Kier alpha value is -1.14. The van der Waals surface area contributed by atoms with Crippen molar-refractivity contribution in [1.82, 2.24) is 10.6 Å². The quantitative estimate of drug-likeness (QED) is 0.426. The van der Waals surface area contributed by atoms with Crippen LogP contribution in [-0.4, -0.2) is 39.3 Å². The zero-order valence-electron chi connectivity index (χ0n) is 12.6.